The molecule has 2 N–H and O–H groups in total. The highest BCUT2D eigenvalue weighted by Crippen LogP contribution is 2.31. The number of anilines is 1. The third kappa shape index (κ3) is 6.91. The number of pyridine rings is 1. The smallest absolute Gasteiger partial charge is 0.259 e. The lowest BCUT2D eigenvalue weighted by molar-refractivity contribution is -0.133. The van der Waals surface area contributed by atoms with E-state index in [4.69, 9.17) is 9.40 Å². The Bertz CT molecular complexity index is 1320. The number of nitrogens with zero attached hydrogens (tertiary/aromatic N) is 4. The molecule has 4 rings (SSSR count). The van der Waals surface area contributed by atoms with E-state index >= 15 is 0 Å². The number of hydrogen-bond donors (Lipinski definition) is 2. The molecule has 3 amide bonds. The van der Waals surface area contributed by atoms with E-state index in [2.05, 4.69) is 20.8 Å². The van der Waals surface area contributed by atoms with E-state index in [0.29, 0.717) is 42.4 Å². The van der Waals surface area contributed by atoms with Gasteiger partial charge in [-0.15, -0.1) is 10.2 Å². The molecule has 10 nitrogen and oxygen atoms in total. The van der Waals surface area contributed by atoms with Crippen LogP contribution < -0.4 is 10.6 Å². The number of nitrogens with one attached hydrogen (secondary N) is 2. The van der Waals surface area contributed by atoms with Crippen LogP contribution in [0.5, 0.6) is 0 Å². The van der Waals surface area contributed by atoms with Crippen LogP contribution in [0, 0.1) is 6.92 Å². The van der Waals surface area contributed by atoms with Crippen molar-refractivity contribution in [2.45, 2.75) is 51.9 Å². The normalized spacial score (nSPS) is 14.6. The average Bonchev–Trinajstić information content (AvgIpc) is 3.58. The fraction of sp³-hybridized carbons (Fsp3) is 0.407. The summed E-state index contributed by atoms with van der Waals surface area (Å²) in [7, 11) is 0. The number of aryl methyl sites for hydroxylation is 1. The SMILES string of the molecule is Cc1ccc(C(=O)Nc2nnc(C(C)(C)C)s2)c(C2CCN(C(=O)CNC(=O)C=Cc3ccco3)CC2)n1. The van der Waals surface area contributed by atoms with Crippen molar-refractivity contribution in [3.05, 3.63) is 64.3 Å². The van der Waals surface area contributed by atoms with E-state index in [0.717, 1.165) is 16.4 Å². The van der Waals surface area contributed by atoms with Gasteiger partial charge in [-0.3, -0.25) is 24.7 Å². The van der Waals surface area contributed by atoms with Gasteiger partial charge in [0.2, 0.25) is 16.9 Å². The first-order valence-corrected chi connectivity index (χ1v) is 13.3. The first kappa shape index (κ1) is 27.2. The van der Waals surface area contributed by atoms with Crippen molar-refractivity contribution < 1.29 is 18.8 Å². The van der Waals surface area contributed by atoms with Gasteiger partial charge in [-0.1, -0.05) is 32.1 Å². The Labute approximate surface area is 225 Å². The molecule has 0 spiro atoms. The van der Waals surface area contributed by atoms with Crippen LogP contribution in [0.4, 0.5) is 5.13 Å². The molecule has 0 saturated carbocycles. The lowest BCUT2D eigenvalue weighted by atomic mass is 9.89. The highest BCUT2D eigenvalue weighted by molar-refractivity contribution is 7.15. The second kappa shape index (κ2) is 11.7. The third-order valence-corrected chi connectivity index (χ3v) is 7.45. The summed E-state index contributed by atoms with van der Waals surface area (Å²) in [6, 6.07) is 7.08. The highest BCUT2D eigenvalue weighted by atomic mass is 32.1. The number of carbonyl (C=O) groups is 3. The monoisotopic (exact) mass is 536 g/mol. The van der Waals surface area contributed by atoms with Crippen molar-refractivity contribution in [2.24, 2.45) is 0 Å². The van der Waals surface area contributed by atoms with Gasteiger partial charge < -0.3 is 14.6 Å². The lowest BCUT2D eigenvalue weighted by Gasteiger charge is -2.32. The molecule has 0 unspecified atom stereocenters. The van der Waals surface area contributed by atoms with Crippen LogP contribution in [0.3, 0.4) is 0 Å². The standard InChI is InChI=1S/C27H32N6O4S/c1-17-7-9-20(24(36)30-26-32-31-25(38-26)27(2,3)4)23(29-17)18-11-13-33(14-12-18)22(35)16-28-21(34)10-8-19-6-5-15-37-19/h5-10,15,18H,11-14,16H2,1-4H3,(H,28,34)(H,30,32,36). The maximum absolute atomic E-state index is 13.2. The molecule has 11 heteroatoms. The second-order valence-corrected chi connectivity index (χ2v) is 11.2. The topological polar surface area (TPSA) is 130 Å². The molecule has 0 radical (unpaired) electrons. The zero-order valence-electron chi connectivity index (χ0n) is 22.0. The van der Waals surface area contributed by atoms with Crippen LogP contribution in [-0.2, 0) is 15.0 Å². The molecule has 1 saturated heterocycles. The summed E-state index contributed by atoms with van der Waals surface area (Å²) >= 11 is 1.36. The zero-order valence-corrected chi connectivity index (χ0v) is 22.8. The van der Waals surface area contributed by atoms with Gasteiger partial charge in [0, 0.05) is 36.2 Å². The number of aromatic nitrogens is 3. The fourth-order valence-corrected chi connectivity index (χ4v) is 4.90. The first-order valence-electron chi connectivity index (χ1n) is 12.5. The van der Waals surface area contributed by atoms with E-state index in [1.54, 1.807) is 29.2 Å². The molecule has 0 aliphatic carbocycles. The van der Waals surface area contributed by atoms with Crippen molar-refractivity contribution in [3.63, 3.8) is 0 Å². The molecule has 4 heterocycles. The molecule has 38 heavy (non-hydrogen) atoms. The van der Waals surface area contributed by atoms with Crippen LogP contribution in [0.2, 0.25) is 0 Å². The van der Waals surface area contributed by atoms with Crippen molar-refractivity contribution >= 4 is 40.3 Å². The summed E-state index contributed by atoms with van der Waals surface area (Å²) in [6.45, 7) is 8.99. The average molecular weight is 537 g/mol. The summed E-state index contributed by atoms with van der Waals surface area (Å²) in [6.07, 6.45) is 5.74. The van der Waals surface area contributed by atoms with Crippen LogP contribution in [0.1, 0.15) is 72.0 Å². The maximum Gasteiger partial charge on any atom is 0.259 e. The molecule has 1 aliphatic heterocycles. The van der Waals surface area contributed by atoms with Crippen molar-refractivity contribution in [1.29, 1.82) is 0 Å². The summed E-state index contributed by atoms with van der Waals surface area (Å²) in [5.41, 5.74) is 1.91. The third-order valence-electron chi connectivity index (χ3n) is 6.19. The zero-order chi connectivity index (χ0) is 27.3. The van der Waals surface area contributed by atoms with Gasteiger partial charge in [-0.05, 0) is 50.1 Å². The predicted molar refractivity (Wildman–Crippen MR) is 145 cm³/mol. The van der Waals surface area contributed by atoms with Crippen molar-refractivity contribution in [3.8, 4) is 0 Å². The number of rotatable bonds is 7. The van der Waals surface area contributed by atoms with Crippen LogP contribution >= 0.6 is 11.3 Å². The van der Waals surface area contributed by atoms with Gasteiger partial charge in [0.05, 0.1) is 24.1 Å². The van der Waals surface area contributed by atoms with E-state index in [1.165, 1.54) is 23.7 Å². The molecular weight excluding hydrogens is 504 g/mol. The van der Waals surface area contributed by atoms with Gasteiger partial charge in [0.1, 0.15) is 10.8 Å². The number of amides is 3. The molecule has 0 aromatic carbocycles. The number of carbonyl (C=O) groups excluding carboxylic acids is 3. The van der Waals surface area contributed by atoms with Crippen LogP contribution in [0.25, 0.3) is 6.08 Å². The van der Waals surface area contributed by atoms with Gasteiger partial charge in [-0.2, -0.15) is 0 Å². The fourth-order valence-electron chi connectivity index (χ4n) is 4.10. The van der Waals surface area contributed by atoms with E-state index < -0.39 is 0 Å². The Morgan fingerprint density at radius 2 is 1.92 bits per heavy atom. The van der Waals surface area contributed by atoms with E-state index in [1.807, 2.05) is 33.8 Å². The number of hydrogen-bond acceptors (Lipinski definition) is 8. The molecular formula is C27H32N6O4S. The summed E-state index contributed by atoms with van der Waals surface area (Å²) < 4.78 is 5.15. The van der Waals surface area contributed by atoms with E-state index in [-0.39, 0.29) is 35.6 Å². The highest BCUT2D eigenvalue weighted by Gasteiger charge is 2.28. The first-order chi connectivity index (χ1) is 18.1. The maximum atomic E-state index is 13.2. The molecule has 0 atom stereocenters. The Balaban J connectivity index is 1.34. The van der Waals surface area contributed by atoms with E-state index in [9.17, 15) is 14.4 Å². The Kier molecular flexibility index (Phi) is 8.35. The Morgan fingerprint density at radius 1 is 1.16 bits per heavy atom. The minimum Gasteiger partial charge on any atom is -0.465 e. The summed E-state index contributed by atoms with van der Waals surface area (Å²) in [5.74, 6) is -0.194. The molecule has 0 bridgehead atoms. The van der Waals surface area contributed by atoms with Gasteiger partial charge in [-0.25, -0.2) is 0 Å². The predicted octanol–water partition coefficient (Wildman–Crippen LogP) is 3.92. The lowest BCUT2D eigenvalue weighted by Crippen LogP contribution is -2.43. The quantitative estimate of drug-likeness (QED) is 0.438. The number of likely N-dealkylation sites (tertiary alicyclic amines) is 1. The van der Waals surface area contributed by atoms with Crippen molar-refractivity contribution in [2.75, 3.05) is 25.0 Å². The van der Waals surface area contributed by atoms with Crippen LogP contribution in [-0.4, -0.2) is 57.4 Å². The summed E-state index contributed by atoms with van der Waals surface area (Å²) in [5, 5.41) is 15.1. The second-order valence-electron chi connectivity index (χ2n) is 10.2. The van der Waals surface area contributed by atoms with Gasteiger partial charge >= 0.3 is 0 Å². The van der Waals surface area contributed by atoms with Crippen molar-refractivity contribution in [1.82, 2.24) is 25.4 Å². The minimum atomic E-state index is -0.366. The molecule has 1 fully saturated rings. The van der Waals surface area contributed by atoms with Crippen LogP contribution in [0.15, 0.2) is 41.0 Å². The minimum absolute atomic E-state index is 0.0325. The number of piperidine rings is 1. The largest absolute Gasteiger partial charge is 0.465 e. The Morgan fingerprint density at radius 3 is 2.58 bits per heavy atom. The molecule has 3 aromatic heterocycles. The summed E-state index contributed by atoms with van der Waals surface area (Å²) in [4.78, 5) is 44.3. The molecule has 1 aliphatic rings. The Hall–Kier alpha value is -3.86. The molecule has 200 valence electrons. The molecule has 3 aromatic rings. The number of furan rings is 1. The van der Waals surface area contributed by atoms with Gasteiger partial charge in [0.15, 0.2) is 0 Å². The van der Waals surface area contributed by atoms with Gasteiger partial charge in [0.25, 0.3) is 5.91 Å².